The van der Waals surface area contributed by atoms with E-state index in [9.17, 15) is 9.59 Å². The van der Waals surface area contributed by atoms with Gasteiger partial charge < -0.3 is 19.2 Å². The number of rotatable bonds is 10. The van der Waals surface area contributed by atoms with E-state index in [4.69, 9.17) is 13.9 Å². The summed E-state index contributed by atoms with van der Waals surface area (Å²) in [5.74, 6) is 1.62. The van der Waals surface area contributed by atoms with Crippen LogP contribution in [0.15, 0.2) is 40.0 Å². The van der Waals surface area contributed by atoms with Crippen LogP contribution in [0, 0.1) is 0 Å². The lowest BCUT2D eigenvalue weighted by molar-refractivity contribution is -0.118. The molecule has 1 N–H and O–H groups in total. The van der Waals surface area contributed by atoms with E-state index in [0.717, 1.165) is 4.88 Å². The summed E-state index contributed by atoms with van der Waals surface area (Å²) in [6, 6.07) is 9.02. The molecule has 30 heavy (non-hydrogen) atoms. The van der Waals surface area contributed by atoms with Crippen molar-refractivity contribution in [2.45, 2.75) is 18.6 Å². The smallest absolute Gasteiger partial charge is 0.277 e. The van der Waals surface area contributed by atoms with Gasteiger partial charge in [0.25, 0.3) is 5.22 Å². The molecule has 2 heterocycles. The van der Waals surface area contributed by atoms with E-state index < -0.39 is 0 Å². The fourth-order valence-corrected chi connectivity index (χ4v) is 4.26. The van der Waals surface area contributed by atoms with Crippen molar-refractivity contribution in [3.63, 3.8) is 0 Å². The molecule has 3 aromatic rings. The minimum Gasteiger partial charge on any atom is -0.493 e. The SMILES string of the molecule is COc1ccc(-c2nnc(SCC(=O)c3ccc(CCNC(C)=O)s3)o2)cc1OC. The van der Waals surface area contributed by atoms with E-state index >= 15 is 0 Å². The van der Waals surface area contributed by atoms with Crippen molar-refractivity contribution in [3.05, 3.63) is 40.1 Å². The first-order valence-corrected chi connectivity index (χ1v) is 10.9. The molecule has 1 aromatic carbocycles. The lowest BCUT2D eigenvalue weighted by Crippen LogP contribution is -2.22. The summed E-state index contributed by atoms with van der Waals surface area (Å²) in [5, 5.41) is 11.1. The summed E-state index contributed by atoms with van der Waals surface area (Å²) in [4.78, 5) is 25.1. The summed E-state index contributed by atoms with van der Waals surface area (Å²) in [6.45, 7) is 2.04. The van der Waals surface area contributed by atoms with Crippen LogP contribution in [0.5, 0.6) is 11.5 Å². The highest BCUT2D eigenvalue weighted by Gasteiger charge is 2.15. The summed E-state index contributed by atoms with van der Waals surface area (Å²) in [5.41, 5.74) is 0.695. The molecule has 0 bridgehead atoms. The van der Waals surface area contributed by atoms with Crippen LogP contribution < -0.4 is 14.8 Å². The second-order valence-electron chi connectivity index (χ2n) is 6.15. The van der Waals surface area contributed by atoms with Crippen molar-refractivity contribution in [1.82, 2.24) is 15.5 Å². The molecule has 0 fully saturated rings. The molecular formula is C20H21N3O5S2. The van der Waals surface area contributed by atoms with Gasteiger partial charge >= 0.3 is 0 Å². The van der Waals surface area contributed by atoms with Gasteiger partial charge in [-0.2, -0.15) is 0 Å². The number of thioether (sulfide) groups is 1. The maximum atomic E-state index is 12.4. The van der Waals surface area contributed by atoms with Crippen LogP contribution in [-0.2, 0) is 11.2 Å². The topological polar surface area (TPSA) is 104 Å². The van der Waals surface area contributed by atoms with Gasteiger partial charge in [-0.25, -0.2) is 0 Å². The van der Waals surface area contributed by atoms with E-state index in [0.29, 0.717) is 46.0 Å². The maximum Gasteiger partial charge on any atom is 0.277 e. The first-order valence-electron chi connectivity index (χ1n) is 9.05. The molecule has 0 spiro atoms. The Morgan fingerprint density at radius 1 is 1.13 bits per heavy atom. The number of nitrogens with one attached hydrogen (secondary N) is 1. The van der Waals surface area contributed by atoms with Crippen LogP contribution in [0.25, 0.3) is 11.5 Å². The van der Waals surface area contributed by atoms with Crippen molar-refractivity contribution >= 4 is 34.8 Å². The number of ketones is 1. The van der Waals surface area contributed by atoms with Gasteiger partial charge in [-0.3, -0.25) is 9.59 Å². The van der Waals surface area contributed by atoms with Gasteiger partial charge in [0, 0.05) is 23.9 Å². The second kappa shape index (κ2) is 10.3. The number of hydrogen-bond acceptors (Lipinski definition) is 9. The third-order valence-electron chi connectivity index (χ3n) is 4.05. The molecule has 0 aliphatic carbocycles. The Bertz CT molecular complexity index is 1030. The van der Waals surface area contributed by atoms with Crippen LogP contribution in [0.1, 0.15) is 21.5 Å². The van der Waals surface area contributed by atoms with Gasteiger partial charge in [-0.05, 0) is 36.8 Å². The number of aromatic nitrogens is 2. The van der Waals surface area contributed by atoms with E-state index in [1.54, 1.807) is 38.5 Å². The third-order valence-corrected chi connectivity index (χ3v) is 6.05. The Morgan fingerprint density at radius 3 is 2.67 bits per heavy atom. The molecule has 10 heteroatoms. The number of benzene rings is 1. The molecular weight excluding hydrogens is 426 g/mol. The zero-order valence-electron chi connectivity index (χ0n) is 16.8. The Morgan fingerprint density at radius 2 is 1.93 bits per heavy atom. The maximum absolute atomic E-state index is 12.4. The average molecular weight is 448 g/mol. The van der Waals surface area contributed by atoms with Crippen molar-refractivity contribution in [2.75, 3.05) is 26.5 Å². The number of methoxy groups -OCH3 is 2. The van der Waals surface area contributed by atoms with Gasteiger partial charge in [-0.1, -0.05) is 11.8 Å². The first kappa shape index (κ1) is 21.8. The van der Waals surface area contributed by atoms with Gasteiger partial charge in [0.15, 0.2) is 17.3 Å². The number of hydrogen-bond donors (Lipinski definition) is 1. The number of amides is 1. The molecule has 0 unspecified atom stereocenters. The molecule has 8 nitrogen and oxygen atoms in total. The highest BCUT2D eigenvalue weighted by molar-refractivity contribution is 7.99. The summed E-state index contributed by atoms with van der Waals surface area (Å²) >= 11 is 2.62. The van der Waals surface area contributed by atoms with Gasteiger partial charge in [-0.15, -0.1) is 21.5 Å². The van der Waals surface area contributed by atoms with E-state index in [2.05, 4.69) is 15.5 Å². The monoisotopic (exact) mass is 447 g/mol. The van der Waals surface area contributed by atoms with Crippen LogP contribution in [-0.4, -0.2) is 48.4 Å². The zero-order chi connectivity index (χ0) is 21.5. The lowest BCUT2D eigenvalue weighted by atomic mass is 10.2. The molecule has 0 saturated carbocycles. The summed E-state index contributed by atoms with van der Waals surface area (Å²) in [7, 11) is 3.12. The van der Waals surface area contributed by atoms with Crippen molar-refractivity contribution < 1.29 is 23.5 Å². The summed E-state index contributed by atoms with van der Waals surface area (Å²) < 4.78 is 16.2. The van der Waals surface area contributed by atoms with Crippen molar-refractivity contribution in [1.29, 1.82) is 0 Å². The average Bonchev–Trinajstić information content (AvgIpc) is 3.41. The van der Waals surface area contributed by atoms with Crippen molar-refractivity contribution in [2.24, 2.45) is 0 Å². The minimum absolute atomic E-state index is 0.0124. The number of thiophene rings is 1. The Hall–Kier alpha value is -2.85. The van der Waals surface area contributed by atoms with Crippen LogP contribution in [0.2, 0.25) is 0 Å². The fourth-order valence-electron chi connectivity index (χ4n) is 2.58. The van der Waals surface area contributed by atoms with Crippen LogP contribution in [0.4, 0.5) is 0 Å². The fraction of sp³-hybridized carbons (Fsp3) is 0.300. The second-order valence-corrected chi connectivity index (χ2v) is 8.25. The van der Waals surface area contributed by atoms with Gasteiger partial charge in [0.1, 0.15) is 0 Å². The third kappa shape index (κ3) is 5.61. The Labute approximate surface area is 182 Å². The summed E-state index contributed by atoms with van der Waals surface area (Å²) in [6.07, 6.45) is 0.697. The Kier molecular flexibility index (Phi) is 7.47. The van der Waals surface area contributed by atoms with Gasteiger partial charge in [0.2, 0.25) is 11.8 Å². The lowest BCUT2D eigenvalue weighted by Gasteiger charge is -2.07. The molecule has 0 aliphatic heterocycles. The normalized spacial score (nSPS) is 10.6. The minimum atomic E-state index is -0.0636. The standard InChI is InChI=1S/C20H21N3O5S2/c1-12(24)21-9-8-14-5-7-18(30-14)15(25)11-29-20-23-22-19(28-20)13-4-6-16(26-2)17(10-13)27-3/h4-7,10H,8-9,11H2,1-3H3,(H,21,24). The molecule has 0 aliphatic rings. The Balaban J connectivity index is 1.57. The molecule has 3 rings (SSSR count). The van der Waals surface area contributed by atoms with Crippen LogP contribution in [0.3, 0.4) is 0 Å². The zero-order valence-corrected chi connectivity index (χ0v) is 18.4. The van der Waals surface area contributed by atoms with Crippen LogP contribution >= 0.6 is 23.1 Å². The highest BCUT2D eigenvalue weighted by atomic mass is 32.2. The number of nitrogens with zero attached hydrogens (tertiary/aromatic N) is 2. The van der Waals surface area contributed by atoms with Crippen molar-refractivity contribution in [3.8, 4) is 23.0 Å². The largest absolute Gasteiger partial charge is 0.493 e. The molecule has 2 aromatic heterocycles. The predicted molar refractivity (Wildman–Crippen MR) is 115 cm³/mol. The molecule has 1 amide bonds. The quantitative estimate of drug-likeness (QED) is 0.372. The number of carbonyl (C=O) groups excluding carboxylic acids is 2. The van der Waals surface area contributed by atoms with Gasteiger partial charge in [0.05, 0.1) is 24.8 Å². The first-order chi connectivity index (χ1) is 14.5. The van der Waals surface area contributed by atoms with E-state index in [-0.39, 0.29) is 17.4 Å². The number of Topliss-reactive ketones (excluding diaryl/α,β-unsaturated/α-hetero) is 1. The number of carbonyl (C=O) groups is 2. The van der Waals surface area contributed by atoms with E-state index in [1.165, 1.54) is 30.0 Å². The number of ether oxygens (including phenoxy) is 2. The highest BCUT2D eigenvalue weighted by Crippen LogP contribution is 2.32. The molecule has 0 radical (unpaired) electrons. The molecule has 0 atom stereocenters. The molecule has 0 saturated heterocycles. The predicted octanol–water partition coefficient (Wildman–Crippen LogP) is 3.47. The van der Waals surface area contributed by atoms with E-state index in [1.807, 2.05) is 6.07 Å². The molecule has 158 valence electrons.